The van der Waals surface area contributed by atoms with Crippen LogP contribution in [0.5, 0.6) is 0 Å². The van der Waals surface area contributed by atoms with Crippen LogP contribution in [0, 0.1) is 13.8 Å². The quantitative estimate of drug-likeness (QED) is 0.396. The molecule has 4 rings (SSSR count). The molecule has 0 fully saturated rings. The Morgan fingerprint density at radius 2 is 1.81 bits per heavy atom. The Hall–Kier alpha value is -3.12. The summed E-state index contributed by atoms with van der Waals surface area (Å²) in [4.78, 5) is 12.2. The number of hydrogen-bond donors (Lipinski definition) is 1. The van der Waals surface area contributed by atoms with Gasteiger partial charge in [-0.2, -0.15) is 0 Å². The lowest BCUT2D eigenvalue weighted by Crippen LogP contribution is -2.31. The van der Waals surface area contributed by atoms with Crippen LogP contribution in [-0.2, 0) is 11.2 Å². The van der Waals surface area contributed by atoms with E-state index in [1.165, 1.54) is 33.7 Å². The third-order valence-electron chi connectivity index (χ3n) is 5.30. The van der Waals surface area contributed by atoms with Gasteiger partial charge < -0.3 is 5.32 Å². The average molecular weight is 445 g/mol. The van der Waals surface area contributed by atoms with E-state index < -0.39 is 0 Å². The summed E-state index contributed by atoms with van der Waals surface area (Å²) in [7, 11) is 0. The van der Waals surface area contributed by atoms with Gasteiger partial charge in [-0.05, 0) is 55.7 Å². The zero-order valence-corrected chi connectivity index (χ0v) is 19.7. The number of carbonyl (C=O) groups excluding carboxylic acids is 1. The topological polar surface area (TPSA) is 59.8 Å². The van der Waals surface area contributed by atoms with E-state index in [0.717, 1.165) is 22.2 Å². The number of nitrogens with zero attached hydrogens (tertiary/aromatic N) is 3. The molecule has 0 saturated heterocycles. The smallest absolute Gasteiger partial charge is 0.230 e. The number of carbonyl (C=O) groups is 1. The second kappa shape index (κ2) is 9.57. The first kappa shape index (κ1) is 22.1. The Balaban J connectivity index is 1.73. The predicted octanol–water partition coefficient (Wildman–Crippen LogP) is 5.24. The molecule has 0 saturated carbocycles. The molecule has 6 heteroatoms. The van der Waals surface area contributed by atoms with Gasteiger partial charge in [0, 0.05) is 12.5 Å². The fourth-order valence-electron chi connectivity index (χ4n) is 3.92. The van der Waals surface area contributed by atoms with Gasteiger partial charge in [0.15, 0.2) is 5.16 Å². The number of thioether (sulfide) groups is 1. The summed E-state index contributed by atoms with van der Waals surface area (Å²) in [5.41, 5.74) is 4.61. The molecule has 0 radical (unpaired) electrons. The van der Waals surface area contributed by atoms with Crippen LogP contribution in [-0.4, -0.2) is 32.5 Å². The Morgan fingerprint density at radius 3 is 2.59 bits per heavy atom. The van der Waals surface area contributed by atoms with Crippen molar-refractivity contribution in [2.24, 2.45) is 0 Å². The van der Waals surface area contributed by atoms with Crippen LogP contribution in [0.15, 0.2) is 65.8 Å². The van der Waals surface area contributed by atoms with Gasteiger partial charge in [-0.1, -0.05) is 71.9 Å². The maximum atomic E-state index is 12.2. The van der Waals surface area contributed by atoms with Crippen molar-refractivity contribution in [2.45, 2.75) is 45.3 Å². The van der Waals surface area contributed by atoms with Gasteiger partial charge in [-0.3, -0.25) is 9.36 Å². The molecular weight excluding hydrogens is 416 g/mol. The number of rotatable bonds is 7. The van der Waals surface area contributed by atoms with Crippen molar-refractivity contribution in [2.75, 3.05) is 5.75 Å². The van der Waals surface area contributed by atoms with Crippen LogP contribution >= 0.6 is 11.8 Å². The Kier molecular flexibility index (Phi) is 6.61. The van der Waals surface area contributed by atoms with E-state index in [1.54, 1.807) is 0 Å². The number of fused-ring (bicyclic) bond motifs is 1. The standard InChI is InChI=1S/C26H28N4OS/c1-17(2)27-25(31)16-32-26-29-28-24(30(26)23-13-12-18(3)14-19(23)4)15-21-10-7-9-20-8-5-6-11-22(20)21/h5-14,17H,15-16H2,1-4H3,(H,27,31). The molecule has 1 aromatic heterocycles. The second-order valence-corrected chi connectivity index (χ2v) is 9.29. The average Bonchev–Trinajstić information content (AvgIpc) is 3.14. The van der Waals surface area contributed by atoms with Gasteiger partial charge in [0.1, 0.15) is 5.82 Å². The molecule has 1 N–H and O–H groups in total. The molecule has 32 heavy (non-hydrogen) atoms. The van der Waals surface area contributed by atoms with E-state index in [1.807, 2.05) is 13.8 Å². The molecular formula is C26H28N4OS. The lowest BCUT2D eigenvalue weighted by atomic mass is 10.0. The number of aromatic nitrogens is 3. The maximum Gasteiger partial charge on any atom is 0.230 e. The summed E-state index contributed by atoms with van der Waals surface area (Å²) in [5.74, 6) is 1.16. The molecule has 0 atom stereocenters. The molecule has 0 aliphatic carbocycles. The largest absolute Gasteiger partial charge is 0.353 e. The summed E-state index contributed by atoms with van der Waals surface area (Å²) in [6.45, 7) is 8.11. The van der Waals surface area contributed by atoms with Gasteiger partial charge in [0.25, 0.3) is 0 Å². The number of benzene rings is 3. The highest BCUT2D eigenvalue weighted by Crippen LogP contribution is 2.28. The Labute approximate surface area is 193 Å². The number of nitrogens with one attached hydrogen (secondary N) is 1. The highest BCUT2D eigenvalue weighted by molar-refractivity contribution is 7.99. The zero-order chi connectivity index (χ0) is 22.7. The summed E-state index contributed by atoms with van der Waals surface area (Å²) in [6, 6.07) is 21.2. The molecule has 0 aliphatic rings. The minimum absolute atomic E-state index is 0.00391. The van der Waals surface area contributed by atoms with Gasteiger partial charge in [-0.25, -0.2) is 0 Å². The number of hydrogen-bond acceptors (Lipinski definition) is 4. The maximum absolute atomic E-state index is 12.2. The Morgan fingerprint density at radius 1 is 1.03 bits per heavy atom. The van der Waals surface area contributed by atoms with E-state index >= 15 is 0 Å². The van der Waals surface area contributed by atoms with Crippen LogP contribution in [0.1, 0.15) is 36.4 Å². The van der Waals surface area contributed by atoms with Crippen molar-refractivity contribution in [1.29, 1.82) is 0 Å². The van der Waals surface area contributed by atoms with Crippen molar-refractivity contribution >= 4 is 28.4 Å². The molecule has 164 valence electrons. The third-order valence-corrected chi connectivity index (χ3v) is 6.23. The molecule has 4 aromatic rings. The van der Waals surface area contributed by atoms with Crippen molar-refractivity contribution in [3.63, 3.8) is 0 Å². The number of amides is 1. The molecule has 0 bridgehead atoms. The molecule has 3 aromatic carbocycles. The summed E-state index contributed by atoms with van der Waals surface area (Å²) >= 11 is 1.42. The highest BCUT2D eigenvalue weighted by atomic mass is 32.2. The van der Waals surface area contributed by atoms with Crippen LogP contribution in [0.4, 0.5) is 0 Å². The van der Waals surface area contributed by atoms with Crippen LogP contribution < -0.4 is 5.32 Å². The fraction of sp³-hybridized carbons (Fsp3) is 0.269. The van der Waals surface area contributed by atoms with E-state index in [2.05, 4.69) is 94.6 Å². The lowest BCUT2D eigenvalue weighted by molar-refractivity contribution is -0.119. The third kappa shape index (κ3) is 4.86. The van der Waals surface area contributed by atoms with E-state index in [0.29, 0.717) is 12.2 Å². The first-order valence-corrected chi connectivity index (χ1v) is 11.8. The van der Waals surface area contributed by atoms with Gasteiger partial charge >= 0.3 is 0 Å². The minimum atomic E-state index is -0.00391. The van der Waals surface area contributed by atoms with Gasteiger partial charge in [0.2, 0.25) is 5.91 Å². The summed E-state index contributed by atoms with van der Waals surface area (Å²) in [5, 5.41) is 15.1. The van der Waals surface area contributed by atoms with Crippen molar-refractivity contribution in [3.8, 4) is 5.69 Å². The molecule has 0 spiro atoms. The summed E-state index contributed by atoms with van der Waals surface area (Å²) < 4.78 is 2.10. The molecule has 0 unspecified atom stereocenters. The Bertz CT molecular complexity index is 1260. The van der Waals surface area contributed by atoms with Gasteiger partial charge in [-0.15, -0.1) is 10.2 Å². The molecule has 0 aliphatic heterocycles. The van der Waals surface area contributed by atoms with E-state index in [9.17, 15) is 4.79 Å². The van der Waals surface area contributed by atoms with E-state index in [-0.39, 0.29) is 11.9 Å². The normalized spacial score (nSPS) is 11.3. The fourth-order valence-corrected chi connectivity index (χ4v) is 4.69. The molecule has 1 amide bonds. The molecule has 5 nitrogen and oxygen atoms in total. The van der Waals surface area contributed by atoms with Crippen molar-refractivity contribution in [3.05, 3.63) is 83.2 Å². The van der Waals surface area contributed by atoms with Gasteiger partial charge in [0.05, 0.1) is 11.4 Å². The lowest BCUT2D eigenvalue weighted by Gasteiger charge is -2.14. The highest BCUT2D eigenvalue weighted by Gasteiger charge is 2.18. The molecule has 1 heterocycles. The minimum Gasteiger partial charge on any atom is -0.353 e. The monoisotopic (exact) mass is 444 g/mol. The van der Waals surface area contributed by atoms with Crippen molar-refractivity contribution in [1.82, 2.24) is 20.1 Å². The van der Waals surface area contributed by atoms with Crippen molar-refractivity contribution < 1.29 is 4.79 Å². The first-order valence-electron chi connectivity index (χ1n) is 10.8. The summed E-state index contributed by atoms with van der Waals surface area (Å²) in [6.07, 6.45) is 0.653. The second-order valence-electron chi connectivity index (χ2n) is 8.35. The zero-order valence-electron chi connectivity index (χ0n) is 18.9. The van der Waals surface area contributed by atoms with Crippen LogP contribution in [0.3, 0.4) is 0 Å². The van der Waals surface area contributed by atoms with Crippen LogP contribution in [0.2, 0.25) is 0 Å². The van der Waals surface area contributed by atoms with Crippen LogP contribution in [0.25, 0.3) is 16.5 Å². The first-order chi connectivity index (χ1) is 15.4. The number of aryl methyl sites for hydroxylation is 2. The van der Waals surface area contributed by atoms with E-state index in [4.69, 9.17) is 0 Å². The SMILES string of the molecule is Cc1ccc(-n2c(Cc3cccc4ccccc34)nnc2SCC(=O)NC(C)C)c(C)c1. The predicted molar refractivity (Wildman–Crippen MR) is 132 cm³/mol.